The number of aryl methyl sites for hydroxylation is 2. The number of hydrogen-bond acceptors (Lipinski definition) is 0. The van der Waals surface area contributed by atoms with Gasteiger partial charge < -0.3 is 0 Å². The number of benzene rings is 4. The van der Waals surface area contributed by atoms with Crippen molar-refractivity contribution in [3.63, 3.8) is 0 Å². The Morgan fingerprint density at radius 3 is 1.88 bits per heavy atom. The molecular weight excluding hydrogens is 492 g/mol. The van der Waals surface area contributed by atoms with Crippen LogP contribution in [0.3, 0.4) is 0 Å². The highest BCUT2D eigenvalue weighted by molar-refractivity contribution is 5.79. The molecule has 41 heavy (non-hydrogen) atoms. The molecule has 214 valence electrons. The topological polar surface area (TPSA) is 0 Å². The molecule has 0 spiro atoms. The highest BCUT2D eigenvalue weighted by atomic mass is 14.4. The summed E-state index contributed by atoms with van der Waals surface area (Å²) in [7, 11) is 0. The lowest BCUT2D eigenvalue weighted by Gasteiger charge is -2.36. The Bertz CT molecular complexity index is 1390. The van der Waals surface area contributed by atoms with Crippen LogP contribution in [-0.4, -0.2) is 0 Å². The molecule has 4 aromatic rings. The quantitative estimate of drug-likeness (QED) is 0.197. The highest BCUT2D eigenvalue weighted by Crippen LogP contribution is 2.43. The van der Waals surface area contributed by atoms with Gasteiger partial charge in [-0.15, -0.1) is 0 Å². The molecule has 0 heteroatoms. The first-order valence-electron chi connectivity index (χ1n) is 15.6. The van der Waals surface area contributed by atoms with Crippen LogP contribution in [0.4, 0.5) is 0 Å². The van der Waals surface area contributed by atoms with Gasteiger partial charge in [0.1, 0.15) is 0 Å². The van der Waals surface area contributed by atoms with E-state index in [2.05, 4.69) is 130 Å². The van der Waals surface area contributed by atoms with Crippen LogP contribution in [0.2, 0.25) is 0 Å². The molecule has 1 aliphatic carbocycles. The van der Waals surface area contributed by atoms with E-state index in [0.29, 0.717) is 0 Å². The molecule has 0 radical (unpaired) electrons. The summed E-state index contributed by atoms with van der Waals surface area (Å²) >= 11 is 0. The van der Waals surface area contributed by atoms with Crippen LogP contribution in [0, 0.1) is 13.8 Å². The van der Waals surface area contributed by atoms with Crippen LogP contribution in [0.5, 0.6) is 0 Å². The van der Waals surface area contributed by atoms with Crippen LogP contribution in [-0.2, 0) is 18.3 Å². The zero-order valence-corrected chi connectivity index (χ0v) is 26.6. The van der Waals surface area contributed by atoms with Crippen LogP contribution in [0.15, 0.2) is 110 Å². The molecule has 0 fully saturated rings. The summed E-state index contributed by atoms with van der Waals surface area (Å²) in [6.45, 7) is 18.8. The van der Waals surface area contributed by atoms with Crippen LogP contribution in [0.1, 0.15) is 98.4 Å². The van der Waals surface area contributed by atoms with E-state index >= 15 is 0 Å². The van der Waals surface area contributed by atoms with Crippen LogP contribution >= 0.6 is 0 Å². The lowest BCUT2D eigenvalue weighted by molar-refractivity contribution is 0.454. The second-order valence-electron chi connectivity index (χ2n) is 10.9. The Morgan fingerprint density at radius 1 is 0.732 bits per heavy atom. The second kappa shape index (κ2) is 15.4. The molecule has 0 nitrogen and oxygen atoms in total. The summed E-state index contributed by atoms with van der Waals surface area (Å²) < 4.78 is 0. The Balaban J connectivity index is 0.00000111. The normalized spacial score (nSPS) is 11.8. The average molecular weight is 543 g/mol. The number of hydrogen-bond donors (Lipinski definition) is 0. The second-order valence-corrected chi connectivity index (χ2v) is 10.9. The maximum Gasteiger partial charge on any atom is 0.0243 e. The third-order valence-electron chi connectivity index (χ3n) is 8.07. The average Bonchev–Trinajstić information content (AvgIpc) is 3.42. The van der Waals surface area contributed by atoms with Gasteiger partial charge in [0, 0.05) is 5.41 Å². The van der Waals surface area contributed by atoms with E-state index in [4.69, 9.17) is 0 Å². The zero-order valence-electron chi connectivity index (χ0n) is 26.6. The van der Waals surface area contributed by atoms with E-state index in [0.717, 1.165) is 37.7 Å². The smallest absolute Gasteiger partial charge is 0.0243 e. The van der Waals surface area contributed by atoms with Gasteiger partial charge in [-0.2, -0.15) is 0 Å². The molecule has 0 heterocycles. The lowest BCUT2D eigenvalue weighted by atomic mass is 9.67. The SMILES string of the molecule is C=C(C)c1cccc2c1CC=C2CCCC(Cc1ccccc1)(c1cccc(C)c1)c1cccc(C)c1.CC.CC. The molecule has 0 saturated heterocycles. The van der Waals surface area contributed by atoms with Crippen molar-refractivity contribution < 1.29 is 0 Å². The van der Waals surface area contributed by atoms with Crippen molar-refractivity contribution >= 4 is 11.1 Å². The van der Waals surface area contributed by atoms with Gasteiger partial charge in [0.2, 0.25) is 0 Å². The van der Waals surface area contributed by atoms with Gasteiger partial charge in [-0.05, 0) is 91.8 Å². The number of allylic oxidation sites excluding steroid dienone is 3. The maximum absolute atomic E-state index is 4.22. The largest absolute Gasteiger partial charge is 0.0955 e. The molecule has 4 aromatic carbocycles. The van der Waals surface area contributed by atoms with Crippen molar-refractivity contribution in [3.8, 4) is 0 Å². The summed E-state index contributed by atoms with van der Waals surface area (Å²) in [4.78, 5) is 0. The minimum Gasteiger partial charge on any atom is -0.0955 e. The van der Waals surface area contributed by atoms with Crippen molar-refractivity contribution in [1.29, 1.82) is 0 Å². The molecule has 0 atom stereocenters. The first-order valence-corrected chi connectivity index (χ1v) is 15.6. The van der Waals surface area contributed by atoms with Gasteiger partial charge in [0.05, 0.1) is 0 Å². The molecule has 0 aliphatic heterocycles. The number of fused-ring (bicyclic) bond motifs is 1. The fraction of sp³-hybridized carbons (Fsp3) is 0.317. The van der Waals surface area contributed by atoms with E-state index in [9.17, 15) is 0 Å². The van der Waals surface area contributed by atoms with Crippen molar-refractivity contribution in [2.45, 2.75) is 86.0 Å². The summed E-state index contributed by atoms with van der Waals surface area (Å²) in [5.74, 6) is 0. The van der Waals surface area contributed by atoms with Crippen molar-refractivity contribution in [1.82, 2.24) is 0 Å². The molecular formula is C41H50. The first kappa shape index (κ1) is 31.9. The third-order valence-corrected chi connectivity index (χ3v) is 8.07. The fourth-order valence-electron chi connectivity index (χ4n) is 6.24. The molecule has 0 N–H and O–H groups in total. The molecule has 5 rings (SSSR count). The van der Waals surface area contributed by atoms with E-state index < -0.39 is 0 Å². The zero-order chi connectivity index (χ0) is 29.8. The summed E-state index contributed by atoms with van der Waals surface area (Å²) in [5, 5.41) is 0. The predicted octanol–water partition coefficient (Wildman–Crippen LogP) is 11.7. The summed E-state index contributed by atoms with van der Waals surface area (Å²) in [6.07, 6.45) is 7.81. The minimum absolute atomic E-state index is 0.0824. The fourth-order valence-corrected chi connectivity index (χ4v) is 6.24. The standard InChI is InChI=1S/C37H38.2C2H6/c1-27(2)34-19-10-20-35-31(21-22-36(34)35)16-11-23-37(26-30-14-6-5-7-15-30,32-17-8-12-28(3)24-32)33-18-9-13-29(4)25-33;2*1-2/h5-10,12-15,17-21,24-25H,1,11,16,22-23,26H2,2-4H3;2*1-2H3. The molecule has 0 saturated carbocycles. The summed E-state index contributed by atoms with van der Waals surface area (Å²) in [5.41, 5.74) is 13.7. The first-order chi connectivity index (χ1) is 20.0. The van der Waals surface area contributed by atoms with Gasteiger partial charge in [0.25, 0.3) is 0 Å². The molecule has 1 aliphatic rings. The third kappa shape index (κ3) is 7.56. The molecule has 0 bridgehead atoms. The van der Waals surface area contributed by atoms with E-state index in [1.807, 2.05) is 27.7 Å². The highest BCUT2D eigenvalue weighted by Gasteiger charge is 2.34. The van der Waals surface area contributed by atoms with Crippen molar-refractivity contribution in [2.24, 2.45) is 0 Å². The van der Waals surface area contributed by atoms with Gasteiger partial charge in [0.15, 0.2) is 0 Å². The lowest BCUT2D eigenvalue weighted by Crippen LogP contribution is -2.31. The van der Waals surface area contributed by atoms with Gasteiger partial charge in [-0.3, -0.25) is 0 Å². The predicted molar refractivity (Wildman–Crippen MR) is 183 cm³/mol. The van der Waals surface area contributed by atoms with Gasteiger partial charge in [-0.1, -0.05) is 154 Å². The van der Waals surface area contributed by atoms with E-state index in [1.54, 1.807) is 0 Å². The van der Waals surface area contributed by atoms with Crippen LogP contribution in [0.25, 0.3) is 11.1 Å². The Hall–Kier alpha value is -3.64. The molecule has 0 unspecified atom stereocenters. The molecule has 0 aromatic heterocycles. The van der Waals surface area contributed by atoms with Gasteiger partial charge in [-0.25, -0.2) is 0 Å². The Kier molecular flexibility index (Phi) is 12.0. The number of rotatable bonds is 9. The Labute approximate surface area is 250 Å². The monoisotopic (exact) mass is 542 g/mol. The maximum atomic E-state index is 4.22. The molecule has 0 amide bonds. The Morgan fingerprint density at radius 2 is 1.32 bits per heavy atom. The minimum atomic E-state index is -0.0824. The van der Waals surface area contributed by atoms with Gasteiger partial charge >= 0.3 is 0 Å². The van der Waals surface area contributed by atoms with Crippen molar-refractivity contribution in [2.75, 3.05) is 0 Å². The summed E-state index contributed by atoms with van der Waals surface area (Å²) in [6, 6.07) is 36.2. The van der Waals surface area contributed by atoms with Crippen LogP contribution < -0.4 is 0 Å². The van der Waals surface area contributed by atoms with E-state index in [1.165, 1.54) is 50.1 Å². The van der Waals surface area contributed by atoms with E-state index in [-0.39, 0.29) is 5.41 Å². The van der Waals surface area contributed by atoms with Crippen molar-refractivity contribution in [3.05, 3.63) is 154 Å².